The van der Waals surface area contributed by atoms with Gasteiger partial charge in [0.1, 0.15) is 0 Å². The molecule has 5 nitrogen and oxygen atoms in total. The Bertz CT molecular complexity index is 704. The second-order valence-electron chi connectivity index (χ2n) is 4.93. The van der Waals surface area contributed by atoms with Crippen LogP contribution in [0, 0.1) is 0 Å². The van der Waals surface area contributed by atoms with Crippen molar-refractivity contribution in [2.24, 2.45) is 0 Å². The lowest BCUT2D eigenvalue weighted by molar-refractivity contribution is 0.272. The van der Waals surface area contributed by atoms with E-state index in [2.05, 4.69) is 20.1 Å². The summed E-state index contributed by atoms with van der Waals surface area (Å²) in [5.74, 6) is 1.27. The van der Waals surface area contributed by atoms with E-state index in [-0.39, 0.29) is 5.41 Å². The molecule has 0 unspecified atom stereocenters. The van der Waals surface area contributed by atoms with E-state index in [1.807, 2.05) is 29.9 Å². The van der Waals surface area contributed by atoms with Gasteiger partial charge in [-0.05, 0) is 30.5 Å². The Morgan fingerprint density at radius 2 is 2.00 bits per heavy atom. The van der Waals surface area contributed by atoms with E-state index in [1.165, 1.54) is 23.3 Å². The van der Waals surface area contributed by atoms with Gasteiger partial charge in [0.25, 0.3) is 5.89 Å². The van der Waals surface area contributed by atoms with Crippen LogP contribution in [0.4, 0.5) is 0 Å². The summed E-state index contributed by atoms with van der Waals surface area (Å²) < 4.78 is 5.38. The van der Waals surface area contributed by atoms with E-state index in [1.54, 1.807) is 6.20 Å². The number of thiazole rings is 1. The van der Waals surface area contributed by atoms with Gasteiger partial charge in [-0.25, -0.2) is 4.98 Å². The van der Waals surface area contributed by atoms with Crippen molar-refractivity contribution in [3.63, 3.8) is 0 Å². The van der Waals surface area contributed by atoms with Crippen LogP contribution in [0.25, 0.3) is 10.9 Å². The van der Waals surface area contributed by atoms with Crippen molar-refractivity contribution in [3.05, 3.63) is 47.5 Å². The van der Waals surface area contributed by atoms with Gasteiger partial charge >= 0.3 is 0 Å². The van der Waals surface area contributed by atoms with Crippen LogP contribution in [0.5, 0.6) is 0 Å². The van der Waals surface area contributed by atoms with Crippen LogP contribution < -0.4 is 0 Å². The third-order valence-electron chi connectivity index (χ3n) is 3.91. The molecule has 3 aromatic heterocycles. The molecular weight excluding hydrogens is 272 g/mol. The highest BCUT2D eigenvalue weighted by Gasteiger charge is 2.44. The van der Waals surface area contributed by atoms with E-state index >= 15 is 0 Å². The Hall–Kier alpha value is -2.08. The quantitative estimate of drug-likeness (QED) is 0.739. The molecule has 4 rings (SSSR count). The molecule has 6 heteroatoms. The van der Waals surface area contributed by atoms with E-state index < -0.39 is 0 Å². The predicted octanol–water partition coefficient (Wildman–Crippen LogP) is 3.06. The van der Waals surface area contributed by atoms with Gasteiger partial charge in [-0.2, -0.15) is 4.98 Å². The van der Waals surface area contributed by atoms with E-state index in [4.69, 9.17) is 4.52 Å². The summed E-state index contributed by atoms with van der Waals surface area (Å²) >= 11 is 1.50. The minimum Gasteiger partial charge on any atom is -0.331 e. The van der Waals surface area contributed by atoms with Gasteiger partial charge in [-0.1, -0.05) is 11.6 Å². The fourth-order valence-corrected chi connectivity index (χ4v) is 3.23. The third kappa shape index (κ3) is 1.68. The number of rotatable bonds is 3. The van der Waals surface area contributed by atoms with Crippen LogP contribution in [-0.4, -0.2) is 20.1 Å². The Labute approximate surface area is 119 Å². The molecule has 0 spiro atoms. The second kappa shape index (κ2) is 4.49. The maximum absolute atomic E-state index is 5.38. The summed E-state index contributed by atoms with van der Waals surface area (Å²) in [4.78, 5) is 12.9. The largest absolute Gasteiger partial charge is 0.331 e. The Kier molecular flexibility index (Phi) is 2.63. The highest BCUT2D eigenvalue weighted by molar-refractivity contribution is 7.12. The Morgan fingerprint density at radius 1 is 1.15 bits per heavy atom. The molecular formula is C14H12N4OS. The Morgan fingerprint density at radius 3 is 2.65 bits per heavy atom. The zero-order valence-corrected chi connectivity index (χ0v) is 11.5. The van der Waals surface area contributed by atoms with Crippen molar-refractivity contribution >= 4 is 11.3 Å². The molecule has 100 valence electrons. The molecule has 0 amide bonds. The number of hydrogen-bond acceptors (Lipinski definition) is 6. The fourth-order valence-electron chi connectivity index (χ4n) is 2.68. The van der Waals surface area contributed by atoms with Crippen LogP contribution >= 0.6 is 11.3 Å². The summed E-state index contributed by atoms with van der Waals surface area (Å²) in [6.07, 6.45) is 8.66. The van der Waals surface area contributed by atoms with Gasteiger partial charge in [-0.3, -0.25) is 4.98 Å². The molecule has 1 saturated carbocycles. The molecule has 0 aromatic carbocycles. The molecule has 0 atom stereocenters. The first kappa shape index (κ1) is 11.7. The SMILES string of the molecule is c1cc(C2(c3noc(-c4nccs4)n3)CCC2)ccn1. The zero-order valence-electron chi connectivity index (χ0n) is 10.7. The molecule has 1 fully saturated rings. The lowest BCUT2D eigenvalue weighted by Gasteiger charge is -2.39. The van der Waals surface area contributed by atoms with Crippen molar-refractivity contribution in [1.82, 2.24) is 20.1 Å². The smallest absolute Gasteiger partial charge is 0.286 e. The van der Waals surface area contributed by atoms with Crippen molar-refractivity contribution in [2.75, 3.05) is 0 Å². The molecule has 20 heavy (non-hydrogen) atoms. The van der Waals surface area contributed by atoms with Gasteiger partial charge in [-0.15, -0.1) is 11.3 Å². The Balaban J connectivity index is 1.76. The monoisotopic (exact) mass is 284 g/mol. The molecule has 0 N–H and O–H groups in total. The molecule has 1 aliphatic rings. The van der Waals surface area contributed by atoms with Crippen LogP contribution in [-0.2, 0) is 5.41 Å². The molecule has 1 aliphatic carbocycles. The highest BCUT2D eigenvalue weighted by Crippen LogP contribution is 2.47. The standard InChI is InChI=1S/C14H12N4OS/c1-4-14(5-1,10-2-6-15-7-3-10)13-17-11(19-18-13)12-16-8-9-20-12/h2-3,6-9H,1,4-5H2. The number of nitrogens with zero attached hydrogens (tertiary/aromatic N) is 4. The van der Waals surface area contributed by atoms with Gasteiger partial charge in [0.2, 0.25) is 0 Å². The number of hydrogen-bond donors (Lipinski definition) is 0. The van der Waals surface area contributed by atoms with Crippen molar-refractivity contribution in [2.45, 2.75) is 24.7 Å². The highest BCUT2D eigenvalue weighted by atomic mass is 32.1. The summed E-state index contributed by atoms with van der Waals surface area (Å²) in [6, 6.07) is 4.08. The second-order valence-corrected chi connectivity index (χ2v) is 5.83. The van der Waals surface area contributed by atoms with Crippen LogP contribution in [0.1, 0.15) is 30.7 Å². The fraction of sp³-hybridized carbons (Fsp3) is 0.286. The van der Waals surface area contributed by atoms with Crippen LogP contribution in [0.2, 0.25) is 0 Å². The molecule has 0 saturated heterocycles. The first-order chi connectivity index (χ1) is 9.88. The average molecular weight is 284 g/mol. The molecule has 0 bridgehead atoms. The topological polar surface area (TPSA) is 64.7 Å². The zero-order chi connectivity index (χ0) is 13.4. The van der Waals surface area contributed by atoms with Crippen molar-refractivity contribution in [3.8, 4) is 10.9 Å². The van der Waals surface area contributed by atoms with E-state index in [9.17, 15) is 0 Å². The first-order valence-electron chi connectivity index (χ1n) is 6.53. The molecule has 0 aliphatic heterocycles. The van der Waals surface area contributed by atoms with Crippen LogP contribution in [0.3, 0.4) is 0 Å². The number of pyridine rings is 1. The molecule has 3 heterocycles. The third-order valence-corrected chi connectivity index (χ3v) is 4.67. The first-order valence-corrected chi connectivity index (χ1v) is 7.41. The van der Waals surface area contributed by atoms with E-state index in [0.717, 1.165) is 23.7 Å². The van der Waals surface area contributed by atoms with Gasteiger partial charge in [0.15, 0.2) is 10.8 Å². The average Bonchev–Trinajstić information content (AvgIpc) is 3.09. The maximum atomic E-state index is 5.38. The van der Waals surface area contributed by atoms with Gasteiger partial charge in [0.05, 0.1) is 5.41 Å². The van der Waals surface area contributed by atoms with Crippen LogP contribution in [0.15, 0.2) is 40.6 Å². The molecule has 0 radical (unpaired) electrons. The summed E-state index contributed by atoms with van der Waals surface area (Å²) in [5.41, 5.74) is 1.10. The summed E-state index contributed by atoms with van der Waals surface area (Å²) in [6.45, 7) is 0. The maximum Gasteiger partial charge on any atom is 0.286 e. The minimum absolute atomic E-state index is 0.109. The van der Waals surface area contributed by atoms with Crippen molar-refractivity contribution in [1.29, 1.82) is 0 Å². The molecule has 3 aromatic rings. The van der Waals surface area contributed by atoms with Gasteiger partial charge < -0.3 is 4.52 Å². The summed E-state index contributed by atoms with van der Waals surface area (Å²) in [7, 11) is 0. The lowest BCUT2D eigenvalue weighted by Crippen LogP contribution is -2.36. The summed E-state index contributed by atoms with van der Waals surface area (Å²) in [5, 5.41) is 6.88. The normalized spacial score (nSPS) is 16.8. The lowest BCUT2D eigenvalue weighted by atomic mass is 9.64. The van der Waals surface area contributed by atoms with Crippen molar-refractivity contribution < 1.29 is 4.52 Å². The van der Waals surface area contributed by atoms with E-state index in [0.29, 0.717) is 5.89 Å². The van der Waals surface area contributed by atoms with Gasteiger partial charge in [0, 0.05) is 24.0 Å². The predicted molar refractivity (Wildman–Crippen MR) is 74.3 cm³/mol. The minimum atomic E-state index is -0.109. The number of aromatic nitrogens is 4.